The van der Waals surface area contributed by atoms with Crippen molar-refractivity contribution in [1.29, 1.82) is 0 Å². The molecule has 2 nitrogen and oxygen atoms in total. The van der Waals surface area contributed by atoms with Gasteiger partial charge in [0.1, 0.15) is 0 Å². The van der Waals surface area contributed by atoms with E-state index in [2.05, 4.69) is 11.8 Å². The second-order valence-corrected chi connectivity index (χ2v) is 2.15. The Hall–Kier alpha value is -0.660. The molecule has 0 aliphatic heterocycles. The Morgan fingerprint density at radius 3 is 2.50 bits per heavy atom. The van der Waals surface area contributed by atoms with Gasteiger partial charge < -0.3 is 0 Å². The molecule has 0 aromatic carbocycles. The lowest BCUT2D eigenvalue weighted by atomic mass is 9.80. The van der Waals surface area contributed by atoms with Crippen molar-refractivity contribution >= 4 is 0 Å². The summed E-state index contributed by atoms with van der Waals surface area (Å²) in [4.78, 5) is 9.86. The highest BCUT2D eigenvalue weighted by molar-refractivity contribution is 4.96. The molecule has 2 atom stereocenters. The second-order valence-electron chi connectivity index (χ2n) is 2.15. The Morgan fingerprint density at radius 2 is 2.38 bits per heavy atom. The van der Waals surface area contributed by atoms with Crippen LogP contribution in [0.15, 0.2) is 17.8 Å². The Kier molecular flexibility index (Phi) is 1.42. The summed E-state index contributed by atoms with van der Waals surface area (Å²) < 4.78 is 0. The van der Waals surface area contributed by atoms with E-state index in [-0.39, 0.29) is 6.04 Å². The molecule has 44 valence electrons. The van der Waals surface area contributed by atoms with Crippen LogP contribution in [0.5, 0.6) is 0 Å². The van der Waals surface area contributed by atoms with Gasteiger partial charge in [-0.2, -0.15) is 4.91 Å². The van der Waals surface area contributed by atoms with Gasteiger partial charge in [0.2, 0.25) is 0 Å². The minimum absolute atomic E-state index is 0.0486. The Morgan fingerprint density at radius 1 is 1.62 bits per heavy atom. The second kappa shape index (κ2) is 2.07. The highest BCUT2D eigenvalue weighted by Gasteiger charge is 2.28. The van der Waals surface area contributed by atoms with Gasteiger partial charge in [0.25, 0.3) is 0 Å². The van der Waals surface area contributed by atoms with Crippen LogP contribution in [0, 0.1) is 10.8 Å². The number of rotatable bonds is 2. The van der Waals surface area contributed by atoms with Crippen LogP contribution in [-0.4, -0.2) is 6.04 Å². The molecule has 0 aromatic rings. The molecular weight excluding hydrogens is 102 g/mol. The van der Waals surface area contributed by atoms with Crippen molar-refractivity contribution in [3.05, 3.63) is 17.6 Å². The summed E-state index contributed by atoms with van der Waals surface area (Å²) in [6, 6.07) is 0.0486. The van der Waals surface area contributed by atoms with E-state index in [1.54, 1.807) is 0 Å². The highest BCUT2D eigenvalue weighted by atomic mass is 16.3. The number of hydrogen-bond donors (Lipinski definition) is 0. The average Bonchev–Trinajstić information content (AvgIpc) is 1.66. The monoisotopic (exact) mass is 111 g/mol. The Bertz CT molecular complexity index is 97.1. The third kappa shape index (κ3) is 0.661. The summed E-state index contributed by atoms with van der Waals surface area (Å²) in [5.74, 6) is 0.382. The fourth-order valence-corrected chi connectivity index (χ4v) is 0.914. The smallest absolute Gasteiger partial charge is 0.0982 e. The van der Waals surface area contributed by atoms with Gasteiger partial charge in [0.15, 0.2) is 0 Å². The summed E-state index contributed by atoms with van der Waals surface area (Å²) >= 11 is 0. The molecule has 1 aliphatic rings. The summed E-state index contributed by atoms with van der Waals surface area (Å²) in [5, 5.41) is 2.92. The number of nitrogens with zero attached hydrogens (tertiary/aromatic N) is 1. The fraction of sp³-hybridized carbons (Fsp3) is 0.667. The van der Waals surface area contributed by atoms with Crippen LogP contribution in [-0.2, 0) is 0 Å². The summed E-state index contributed by atoms with van der Waals surface area (Å²) in [6.07, 6.45) is 3.87. The first-order valence-corrected chi connectivity index (χ1v) is 2.83. The van der Waals surface area contributed by atoms with Gasteiger partial charge >= 0.3 is 0 Å². The van der Waals surface area contributed by atoms with Crippen LogP contribution in [0.1, 0.15) is 12.8 Å². The van der Waals surface area contributed by atoms with E-state index in [1.165, 1.54) is 0 Å². The Labute approximate surface area is 48.6 Å². The lowest BCUT2D eigenvalue weighted by Gasteiger charge is -2.27. The third-order valence-corrected chi connectivity index (χ3v) is 1.73. The van der Waals surface area contributed by atoms with E-state index >= 15 is 0 Å². The minimum atomic E-state index is 0.0486. The molecule has 0 radical (unpaired) electrons. The third-order valence-electron chi connectivity index (χ3n) is 1.73. The molecule has 0 saturated heterocycles. The average molecular weight is 111 g/mol. The summed E-state index contributed by atoms with van der Waals surface area (Å²) in [5.41, 5.74) is 0. The van der Waals surface area contributed by atoms with Gasteiger partial charge in [-0.25, -0.2) is 0 Å². The zero-order valence-corrected chi connectivity index (χ0v) is 4.71. The highest BCUT2D eigenvalue weighted by Crippen LogP contribution is 2.30. The fourth-order valence-electron chi connectivity index (χ4n) is 0.914. The minimum Gasteiger partial charge on any atom is -0.150 e. The largest absolute Gasteiger partial charge is 0.150 e. The predicted octanol–water partition coefficient (Wildman–Crippen LogP) is 1.72. The molecular formula is C6H9NO. The molecule has 0 aromatic heterocycles. The van der Waals surface area contributed by atoms with Crippen LogP contribution < -0.4 is 0 Å². The quantitative estimate of drug-likeness (QED) is 0.394. The topological polar surface area (TPSA) is 29.4 Å². The van der Waals surface area contributed by atoms with Crippen LogP contribution >= 0.6 is 0 Å². The van der Waals surface area contributed by atoms with Gasteiger partial charge in [0, 0.05) is 5.92 Å². The van der Waals surface area contributed by atoms with Crippen molar-refractivity contribution in [2.24, 2.45) is 11.1 Å². The molecule has 1 fully saturated rings. The maximum Gasteiger partial charge on any atom is 0.0982 e. The van der Waals surface area contributed by atoms with Crippen molar-refractivity contribution in [1.82, 2.24) is 0 Å². The van der Waals surface area contributed by atoms with Crippen molar-refractivity contribution in [2.45, 2.75) is 18.9 Å². The number of nitroso groups, excluding NO2 is 1. The first-order valence-electron chi connectivity index (χ1n) is 2.83. The standard InChI is InChI=1S/C6H9NO/c1-2-5-3-4-6(5)7-8/h2,5-6H,1,3-4H2. The lowest BCUT2D eigenvalue weighted by Crippen LogP contribution is -2.26. The van der Waals surface area contributed by atoms with Gasteiger partial charge in [-0.05, 0) is 12.8 Å². The van der Waals surface area contributed by atoms with E-state index < -0.39 is 0 Å². The van der Waals surface area contributed by atoms with E-state index in [0.717, 1.165) is 12.8 Å². The maximum absolute atomic E-state index is 9.86. The molecule has 0 amide bonds. The van der Waals surface area contributed by atoms with Gasteiger partial charge in [-0.3, -0.25) is 0 Å². The molecule has 1 saturated carbocycles. The van der Waals surface area contributed by atoms with Crippen molar-refractivity contribution in [3.63, 3.8) is 0 Å². The molecule has 8 heavy (non-hydrogen) atoms. The molecule has 0 bridgehead atoms. The van der Waals surface area contributed by atoms with Gasteiger partial charge in [-0.1, -0.05) is 11.3 Å². The van der Waals surface area contributed by atoms with E-state index in [0.29, 0.717) is 5.92 Å². The zero-order chi connectivity index (χ0) is 5.98. The SMILES string of the molecule is C=CC1CCC1N=O. The predicted molar refractivity (Wildman–Crippen MR) is 32.5 cm³/mol. The first-order chi connectivity index (χ1) is 3.88. The summed E-state index contributed by atoms with van der Waals surface area (Å²) in [6.45, 7) is 3.58. The van der Waals surface area contributed by atoms with Crippen molar-refractivity contribution in [2.75, 3.05) is 0 Å². The first kappa shape index (κ1) is 5.48. The lowest BCUT2D eigenvalue weighted by molar-refractivity contribution is 0.318. The molecule has 2 unspecified atom stereocenters. The zero-order valence-electron chi connectivity index (χ0n) is 4.71. The molecule has 0 spiro atoms. The molecule has 0 N–H and O–H groups in total. The van der Waals surface area contributed by atoms with E-state index in [1.807, 2.05) is 6.08 Å². The van der Waals surface area contributed by atoms with Gasteiger partial charge in [-0.15, -0.1) is 6.58 Å². The normalized spacial score (nSPS) is 35.5. The van der Waals surface area contributed by atoms with E-state index in [9.17, 15) is 4.91 Å². The molecule has 0 heterocycles. The van der Waals surface area contributed by atoms with Crippen LogP contribution in [0.4, 0.5) is 0 Å². The maximum atomic E-state index is 9.86. The molecule has 1 aliphatic carbocycles. The van der Waals surface area contributed by atoms with E-state index in [4.69, 9.17) is 0 Å². The molecule has 1 rings (SSSR count). The van der Waals surface area contributed by atoms with Crippen LogP contribution in [0.25, 0.3) is 0 Å². The summed E-state index contributed by atoms with van der Waals surface area (Å²) in [7, 11) is 0. The van der Waals surface area contributed by atoms with Gasteiger partial charge in [0.05, 0.1) is 6.04 Å². The van der Waals surface area contributed by atoms with Crippen LogP contribution in [0.2, 0.25) is 0 Å². The van der Waals surface area contributed by atoms with Crippen molar-refractivity contribution in [3.8, 4) is 0 Å². The number of hydrogen-bond acceptors (Lipinski definition) is 2. The van der Waals surface area contributed by atoms with Crippen LogP contribution in [0.3, 0.4) is 0 Å². The molecule has 2 heteroatoms. The Balaban J connectivity index is 2.36. The van der Waals surface area contributed by atoms with Crippen molar-refractivity contribution < 1.29 is 0 Å².